The highest BCUT2D eigenvalue weighted by atomic mass is 35.5. The summed E-state index contributed by atoms with van der Waals surface area (Å²) in [7, 11) is 1.82. The van der Waals surface area contributed by atoms with Gasteiger partial charge in [0.15, 0.2) is 0 Å². The Balaban J connectivity index is 0.00000261. The van der Waals surface area contributed by atoms with Crippen LogP contribution in [0.1, 0.15) is 40.7 Å². The summed E-state index contributed by atoms with van der Waals surface area (Å²) in [6, 6.07) is 12.5. The second-order valence-corrected chi connectivity index (χ2v) is 7.59. The molecule has 0 heterocycles. The number of likely N-dealkylation sites (N-methyl/N-ethyl adjacent to an activating group) is 1. The zero-order valence-electron chi connectivity index (χ0n) is 16.5. The van der Waals surface area contributed by atoms with Crippen LogP contribution in [0.2, 0.25) is 0 Å². The Labute approximate surface area is 168 Å². The maximum Gasteiger partial charge on any atom is 0.242 e. The summed E-state index contributed by atoms with van der Waals surface area (Å²) in [6.07, 6.45) is 1.58. The van der Waals surface area contributed by atoms with E-state index in [9.17, 15) is 4.79 Å². The molecule has 4 nitrogen and oxygen atoms in total. The Morgan fingerprint density at radius 3 is 2.26 bits per heavy atom. The molecule has 0 aliphatic heterocycles. The number of carbonyl (C=O) groups is 1. The number of aryl methyl sites for hydroxylation is 3. The molecule has 2 aromatic carbocycles. The highest BCUT2D eigenvalue weighted by Gasteiger charge is 2.47. The van der Waals surface area contributed by atoms with Crippen LogP contribution >= 0.6 is 12.4 Å². The number of benzene rings is 2. The van der Waals surface area contributed by atoms with E-state index in [0.717, 1.165) is 35.3 Å². The van der Waals surface area contributed by atoms with Crippen LogP contribution in [0.5, 0.6) is 5.75 Å². The molecular weight excluding hydrogens is 360 g/mol. The Bertz CT molecular complexity index is 808. The fraction of sp³-hybridized carbons (Fsp3) is 0.409. The molecule has 0 unspecified atom stereocenters. The third-order valence-electron chi connectivity index (χ3n) is 5.13. The maximum absolute atomic E-state index is 12.3. The fourth-order valence-corrected chi connectivity index (χ4v) is 3.36. The summed E-state index contributed by atoms with van der Waals surface area (Å²) in [5.41, 5.74) is 11.1. The lowest BCUT2D eigenvalue weighted by atomic mass is 10.0. The lowest BCUT2D eigenvalue weighted by Gasteiger charge is -2.22. The number of hydrogen-bond donors (Lipinski definition) is 1. The van der Waals surface area contributed by atoms with E-state index in [1.807, 2.05) is 19.2 Å². The molecule has 0 radical (unpaired) electrons. The van der Waals surface area contributed by atoms with E-state index in [2.05, 4.69) is 45.0 Å². The highest BCUT2D eigenvalue weighted by molar-refractivity contribution is 5.88. The quantitative estimate of drug-likeness (QED) is 0.811. The van der Waals surface area contributed by atoms with Crippen molar-refractivity contribution in [2.75, 3.05) is 7.05 Å². The number of amides is 1. The average Bonchev–Trinajstić information content (AvgIpc) is 3.33. The van der Waals surface area contributed by atoms with Gasteiger partial charge >= 0.3 is 0 Å². The third kappa shape index (κ3) is 4.82. The van der Waals surface area contributed by atoms with Crippen LogP contribution in [0.3, 0.4) is 0 Å². The van der Waals surface area contributed by atoms with Gasteiger partial charge in [-0.05, 0) is 61.4 Å². The SMILES string of the molecule is Cc1ccccc1COc1c(C)cc(CN(C)C(=O)C2(N)CC2)cc1C.Cl. The van der Waals surface area contributed by atoms with Crippen molar-refractivity contribution in [2.45, 2.75) is 52.3 Å². The van der Waals surface area contributed by atoms with Crippen molar-refractivity contribution in [3.05, 3.63) is 64.2 Å². The first-order chi connectivity index (χ1) is 12.3. The normalized spacial score (nSPS) is 14.3. The number of halogens is 1. The van der Waals surface area contributed by atoms with Gasteiger partial charge in [-0.2, -0.15) is 0 Å². The van der Waals surface area contributed by atoms with E-state index < -0.39 is 5.54 Å². The lowest BCUT2D eigenvalue weighted by Crippen LogP contribution is -2.43. The molecule has 3 rings (SSSR count). The van der Waals surface area contributed by atoms with Crippen molar-refractivity contribution >= 4 is 18.3 Å². The van der Waals surface area contributed by atoms with Crippen LogP contribution in [-0.2, 0) is 17.9 Å². The van der Waals surface area contributed by atoms with Gasteiger partial charge in [0.25, 0.3) is 0 Å². The summed E-state index contributed by atoms with van der Waals surface area (Å²) in [5.74, 6) is 0.955. The average molecular weight is 389 g/mol. The predicted molar refractivity (Wildman–Crippen MR) is 111 cm³/mol. The second-order valence-electron chi connectivity index (χ2n) is 7.59. The molecule has 27 heavy (non-hydrogen) atoms. The van der Waals surface area contributed by atoms with Gasteiger partial charge in [-0.15, -0.1) is 12.4 Å². The van der Waals surface area contributed by atoms with Gasteiger partial charge in [0, 0.05) is 13.6 Å². The summed E-state index contributed by atoms with van der Waals surface area (Å²) < 4.78 is 6.11. The smallest absolute Gasteiger partial charge is 0.242 e. The van der Waals surface area contributed by atoms with E-state index >= 15 is 0 Å². The molecule has 2 N–H and O–H groups in total. The zero-order valence-corrected chi connectivity index (χ0v) is 17.4. The van der Waals surface area contributed by atoms with Crippen LogP contribution in [-0.4, -0.2) is 23.4 Å². The largest absolute Gasteiger partial charge is 0.488 e. The topological polar surface area (TPSA) is 55.6 Å². The molecule has 1 fully saturated rings. The van der Waals surface area contributed by atoms with Crippen molar-refractivity contribution < 1.29 is 9.53 Å². The number of nitrogens with zero attached hydrogens (tertiary/aromatic N) is 1. The molecule has 1 amide bonds. The zero-order chi connectivity index (χ0) is 18.9. The molecule has 0 bridgehead atoms. The molecule has 146 valence electrons. The molecule has 0 aromatic heterocycles. The molecular formula is C22H29ClN2O2. The van der Waals surface area contributed by atoms with Crippen molar-refractivity contribution in [3.63, 3.8) is 0 Å². The van der Waals surface area contributed by atoms with Crippen molar-refractivity contribution in [1.82, 2.24) is 4.90 Å². The lowest BCUT2D eigenvalue weighted by molar-refractivity contribution is -0.132. The first-order valence-electron chi connectivity index (χ1n) is 9.12. The van der Waals surface area contributed by atoms with E-state index in [4.69, 9.17) is 10.5 Å². The van der Waals surface area contributed by atoms with Crippen LogP contribution in [0, 0.1) is 20.8 Å². The standard InChI is InChI=1S/C22H28N2O2.ClH/c1-15-7-5-6-8-19(15)14-26-20-16(2)11-18(12-17(20)3)13-24(4)21(25)22(23)9-10-22;/h5-8,11-12H,9-10,13-14,23H2,1-4H3;1H. The molecule has 1 saturated carbocycles. The van der Waals surface area contributed by atoms with Crippen LogP contribution in [0.25, 0.3) is 0 Å². The Morgan fingerprint density at radius 2 is 1.70 bits per heavy atom. The minimum atomic E-state index is -0.616. The van der Waals surface area contributed by atoms with Gasteiger partial charge < -0.3 is 15.4 Å². The second kappa shape index (κ2) is 8.32. The van der Waals surface area contributed by atoms with Gasteiger partial charge in [-0.25, -0.2) is 0 Å². The Hall–Kier alpha value is -2.04. The Morgan fingerprint density at radius 1 is 1.11 bits per heavy atom. The maximum atomic E-state index is 12.3. The van der Waals surface area contributed by atoms with Crippen molar-refractivity contribution in [1.29, 1.82) is 0 Å². The first-order valence-corrected chi connectivity index (χ1v) is 9.12. The van der Waals surface area contributed by atoms with Gasteiger partial charge in [0.1, 0.15) is 12.4 Å². The third-order valence-corrected chi connectivity index (χ3v) is 5.13. The minimum Gasteiger partial charge on any atom is -0.488 e. The molecule has 0 saturated heterocycles. The predicted octanol–water partition coefficient (Wildman–Crippen LogP) is 4.06. The molecule has 0 atom stereocenters. The number of ether oxygens (including phenoxy) is 1. The number of hydrogen-bond acceptors (Lipinski definition) is 3. The molecule has 0 spiro atoms. The Kier molecular flexibility index (Phi) is 6.55. The van der Waals surface area contributed by atoms with Crippen LogP contribution in [0.4, 0.5) is 0 Å². The van der Waals surface area contributed by atoms with Crippen LogP contribution in [0.15, 0.2) is 36.4 Å². The molecule has 1 aliphatic carbocycles. The summed E-state index contributed by atoms with van der Waals surface area (Å²) in [4.78, 5) is 14.1. The van der Waals surface area contributed by atoms with Crippen molar-refractivity contribution in [3.8, 4) is 5.75 Å². The van der Waals surface area contributed by atoms with Gasteiger partial charge in [0.2, 0.25) is 5.91 Å². The van der Waals surface area contributed by atoms with E-state index in [1.54, 1.807) is 4.90 Å². The van der Waals surface area contributed by atoms with E-state index in [-0.39, 0.29) is 18.3 Å². The van der Waals surface area contributed by atoms with Crippen molar-refractivity contribution in [2.24, 2.45) is 5.73 Å². The summed E-state index contributed by atoms with van der Waals surface area (Å²) >= 11 is 0. The fourth-order valence-electron chi connectivity index (χ4n) is 3.36. The molecule has 2 aromatic rings. The summed E-state index contributed by atoms with van der Waals surface area (Å²) in [5, 5.41) is 0. The minimum absolute atomic E-state index is 0. The van der Waals surface area contributed by atoms with Gasteiger partial charge in [-0.3, -0.25) is 4.79 Å². The van der Waals surface area contributed by atoms with E-state index in [1.165, 1.54) is 11.1 Å². The van der Waals surface area contributed by atoms with Crippen LogP contribution < -0.4 is 10.5 Å². The van der Waals surface area contributed by atoms with E-state index in [0.29, 0.717) is 13.2 Å². The highest BCUT2D eigenvalue weighted by Crippen LogP contribution is 2.34. The molecule has 5 heteroatoms. The van der Waals surface area contributed by atoms with Gasteiger partial charge in [0.05, 0.1) is 5.54 Å². The number of carbonyl (C=O) groups excluding carboxylic acids is 1. The molecule has 1 aliphatic rings. The monoisotopic (exact) mass is 388 g/mol. The number of rotatable bonds is 6. The first kappa shape index (κ1) is 21.3. The van der Waals surface area contributed by atoms with Gasteiger partial charge in [-0.1, -0.05) is 36.4 Å². The number of nitrogens with two attached hydrogens (primary N) is 1. The summed E-state index contributed by atoms with van der Waals surface area (Å²) in [6.45, 7) is 7.32.